The second kappa shape index (κ2) is 20.4. The van der Waals surface area contributed by atoms with Crippen LogP contribution in [0.15, 0.2) is 82.9 Å². The molecule has 2 aromatic rings. The molecule has 1 saturated heterocycles. The molecule has 0 saturated carbocycles. The second-order valence-corrected chi connectivity index (χ2v) is 13.6. The summed E-state index contributed by atoms with van der Waals surface area (Å²) in [6, 6.07) is 7.58. The number of hydrogen-bond donors (Lipinski definition) is 4. The molecule has 3 heterocycles. The van der Waals surface area contributed by atoms with Crippen molar-refractivity contribution in [3.8, 4) is 0 Å². The van der Waals surface area contributed by atoms with E-state index in [1.165, 1.54) is 49.7 Å². The minimum atomic E-state index is -0.492. The highest BCUT2D eigenvalue weighted by molar-refractivity contribution is 5.92. The van der Waals surface area contributed by atoms with Crippen molar-refractivity contribution in [2.45, 2.75) is 99.6 Å². The zero-order valence-electron chi connectivity index (χ0n) is 30.9. The average Bonchev–Trinajstić information content (AvgIpc) is 3.04. The molecule has 1 amide bonds. The third-order valence-electron chi connectivity index (χ3n) is 8.11. The monoisotopic (exact) mass is 659 g/mol. The fraction of sp³-hybridized carbons (Fsp3) is 0.500. The topological polar surface area (TPSA) is 112 Å². The number of fused-ring (bicyclic) bond motifs is 1. The summed E-state index contributed by atoms with van der Waals surface area (Å²) in [5.74, 6) is 1.02. The van der Waals surface area contributed by atoms with Crippen LogP contribution in [0.1, 0.15) is 93.6 Å². The zero-order valence-corrected chi connectivity index (χ0v) is 30.9. The van der Waals surface area contributed by atoms with Crippen LogP contribution < -0.4 is 21.9 Å². The van der Waals surface area contributed by atoms with Gasteiger partial charge in [0.1, 0.15) is 5.60 Å². The fourth-order valence-electron chi connectivity index (χ4n) is 5.40. The molecule has 0 spiro atoms. The summed E-state index contributed by atoms with van der Waals surface area (Å²) in [5.41, 5.74) is 11.2. The molecule has 264 valence electrons. The maximum Gasteiger partial charge on any atom is 0.410 e. The molecule has 1 atom stereocenters. The number of nitrogen functional groups attached to an aromatic ring is 1. The van der Waals surface area contributed by atoms with Crippen LogP contribution in [0, 0.1) is 5.92 Å². The number of pyridine rings is 1. The fourth-order valence-corrected chi connectivity index (χ4v) is 5.40. The van der Waals surface area contributed by atoms with Crippen molar-refractivity contribution < 1.29 is 9.53 Å². The molecule has 8 nitrogen and oxygen atoms in total. The Kier molecular flexibility index (Phi) is 17.0. The number of nitrogens with two attached hydrogens (primary N) is 1. The van der Waals surface area contributed by atoms with Crippen LogP contribution in [0.2, 0.25) is 0 Å². The van der Waals surface area contributed by atoms with Gasteiger partial charge in [0.15, 0.2) is 0 Å². The lowest BCUT2D eigenvalue weighted by Crippen LogP contribution is -2.39. The van der Waals surface area contributed by atoms with Crippen molar-refractivity contribution in [3.63, 3.8) is 0 Å². The van der Waals surface area contributed by atoms with Gasteiger partial charge in [0, 0.05) is 42.0 Å². The van der Waals surface area contributed by atoms with Gasteiger partial charge in [-0.2, -0.15) is 0 Å². The third-order valence-corrected chi connectivity index (χ3v) is 8.11. The minimum absolute atomic E-state index is 0.206. The van der Waals surface area contributed by atoms with Crippen molar-refractivity contribution >= 4 is 28.3 Å². The summed E-state index contributed by atoms with van der Waals surface area (Å²) in [4.78, 5) is 28.1. The predicted molar refractivity (Wildman–Crippen MR) is 205 cm³/mol. The number of nitrogens with one attached hydrogen (secondary N) is 3. The van der Waals surface area contributed by atoms with Crippen LogP contribution in [0.3, 0.4) is 0 Å². The second-order valence-electron chi connectivity index (χ2n) is 13.6. The number of carbonyl (C=O) groups excluding carboxylic acids is 1. The van der Waals surface area contributed by atoms with Gasteiger partial charge in [-0.15, -0.1) is 0 Å². The van der Waals surface area contributed by atoms with Crippen molar-refractivity contribution in [2.24, 2.45) is 5.92 Å². The first kappa shape index (κ1) is 40.1. The number of nitrogens with zero attached hydrogens (tertiary/aromatic N) is 1. The summed E-state index contributed by atoms with van der Waals surface area (Å²) < 4.78 is 5.41. The summed E-state index contributed by atoms with van der Waals surface area (Å²) in [6.45, 7) is 21.9. The Morgan fingerprint density at radius 1 is 1.12 bits per heavy atom. The molecule has 4 rings (SSSR count). The lowest BCUT2D eigenvalue weighted by molar-refractivity contribution is 0.0270. The van der Waals surface area contributed by atoms with Crippen LogP contribution in [0.25, 0.3) is 16.5 Å². The van der Waals surface area contributed by atoms with E-state index in [-0.39, 0.29) is 11.7 Å². The number of hydrogen-bond acceptors (Lipinski definition) is 6. The van der Waals surface area contributed by atoms with Gasteiger partial charge in [-0.25, -0.2) is 4.79 Å². The molecule has 48 heavy (non-hydrogen) atoms. The van der Waals surface area contributed by atoms with Crippen molar-refractivity contribution in [3.05, 3.63) is 94.0 Å². The Hall–Kier alpha value is -4.04. The van der Waals surface area contributed by atoms with E-state index in [4.69, 9.17) is 10.5 Å². The van der Waals surface area contributed by atoms with E-state index in [9.17, 15) is 9.59 Å². The quantitative estimate of drug-likeness (QED) is 0.175. The first-order chi connectivity index (χ1) is 22.8. The number of anilines is 1. The number of amides is 1. The smallest absolute Gasteiger partial charge is 0.410 e. The number of ether oxygens (including phenoxy) is 1. The van der Waals surface area contributed by atoms with E-state index < -0.39 is 5.60 Å². The van der Waals surface area contributed by atoms with E-state index in [1.807, 2.05) is 71.0 Å². The summed E-state index contributed by atoms with van der Waals surface area (Å²) >= 11 is 0. The Labute approximate surface area is 289 Å². The lowest BCUT2D eigenvalue weighted by atomic mass is 9.96. The maximum absolute atomic E-state index is 12.1. The van der Waals surface area contributed by atoms with Crippen LogP contribution in [-0.4, -0.2) is 53.8 Å². The molecule has 2 aliphatic heterocycles. The van der Waals surface area contributed by atoms with E-state index in [1.54, 1.807) is 4.90 Å². The molecule has 8 heteroatoms. The van der Waals surface area contributed by atoms with E-state index in [0.717, 1.165) is 34.4 Å². The Morgan fingerprint density at radius 3 is 2.38 bits per heavy atom. The van der Waals surface area contributed by atoms with Crippen molar-refractivity contribution in [2.75, 3.05) is 31.9 Å². The SMILES string of the molecule is C/C=C\C=C/C(NC(C)/C=C/C)=C(C)C.CC(C)(C)OC(=O)N1CC=C(c2ccc3[nH]c(=O)cc(N)c3c2)CC1.CCC1CCNCC1. The molecule has 1 unspecified atom stereocenters. The zero-order chi connectivity index (χ0) is 35.7. The molecule has 5 N–H and O–H groups in total. The number of H-pyrrole nitrogens is 1. The molecule has 1 fully saturated rings. The van der Waals surface area contributed by atoms with Gasteiger partial charge >= 0.3 is 6.09 Å². The van der Waals surface area contributed by atoms with Gasteiger partial charge in [-0.05, 0) is 123 Å². The van der Waals surface area contributed by atoms with E-state index >= 15 is 0 Å². The number of piperidine rings is 1. The average molecular weight is 660 g/mol. The maximum atomic E-state index is 12.1. The van der Waals surface area contributed by atoms with Crippen LogP contribution >= 0.6 is 0 Å². The molecule has 2 aliphatic rings. The first-order valence-electron chi connectivity index (χ1n) is 17.4. The van der Waals surface area contributed by atoms with Crippen LogP contribution in [0.4, 0.5) is 10.5 Å². The first-order valence-corrected chi connectivity index (χ1v) is 17.4. The summed E-state index contributed by atoms with van der Waals surface area (Å²) in [7, 11) is 0. The van der Waals surface area contributed by atoms with Crippen LogP contribution in [-0.2, 0) is 4.74 Å². The normalized spacial score (nSPS) is 16.2. The molecular weight excluding hydrogens is 598 g/mol. The Morgan fingerprint density at radius 2 is 1.83 bits per heavy atom. The predicted octanol–water partition coefficient (Wildman–Crippen LogP) is 8.50. The number of carbonyl (C=O) groups is 1. The third kappa shape index (κ3) is 14.4. The molecule has 0 bridgehead atoms. The van der Waals surface area contributed by atoms with Gasteiger partial charge in [-0.1, -0.05) is 61.4 Å². The number of aromatic nitrogens is 1. The lowest BCUT2D eigenvalue weighted by Gasteiger charge is -2.29. The number of rotatable bonds is 7. The highest BCUT2D eigenvalue weighted by atomic mass is 16.6. The Balaban J connectivity index is 0.000000294. The molecular formula is C40H61N5O3. The van der Waals surface area contributed by atoms with E-state index in [2.05, 4.69) is 67.6 Å². The summed E-state index contributed by atoms with van der Waals surface area (Å²) in [5, 5.41) is 7.62. The highest BCUT2D eigenvalue weighted by Gasteiger charge is 2.24. The molecule has 1 aromatic heterocycles. The van der Waals surface area contributed by atoms with Gasteiger partial charge in [-0.3, -0.25) is 4.79 Å². The van der Waals surface area contributed by atoms with Gasteiger partial charge < -0.3 is 31.0 Å². The Bertz CT molecular complexity index is 1510. The number of aromatic amines is 1. The van der Waals surface area contributed by atoms with Crippen molar-refractivity contribution in [1.82, 2.24) is 20.5 Å². The van der Waals surface area contributed by atoms with Gasteiger partial charge in [0.2, 0.25) is 5.56 Å². The molecule has 0 aliphatic carbocycles. The highest BCUT2D eigenvalue weighted by Crippen LogP contribution is 2.27. The molecule has 1 aromatic carbocycles. The standard InChI is InChI=1S/C19H23N3O3.C14H23N.C7H15N/c1-19(2,3)25-18(24)22-8-6-12(7-9-22)13-4-5-16-14(10-13)15(20)11-17(23)21-16;1-6-8-9-11-14(12(3)4)15-13(5)10-7-2;1-2-7-3-5-8-6-4-7/h4-6,10-11H,7-9H2,1-3H3,(H3,20,21,23);6-11,13,15H,1-5H3;7-8H,2-6H2,1H3/b;8-6-,10-7+,11-9-;. The number of allylic oxidation sites excluding steroid dienone is 6. The largest absolute Gasteiger partial charge is 0.444 e. The van der Waals surface area contributed by atoms with Crippen LogP contribution in [0.5, 0.6) is 0 Å². The van der Waals surface area contributed by atoms with Gasteiger partial charge in [0.25, 0.3) is 0 Å². The minimum Gasteiger partial charge on any atom is -0.444 e. The number of benzene rings is 1. The van der Waals surface area contributed by atoms with Crippen molar-refractivity contribution in [1.29, 1.82) is 0 Å². The molecule has 0 radical (unpaired) electrons. The van der Waals surface area contributed by atoms with Gasteiger partial charge in [0.05, 0.1) is 5.52 Å². The van der Waals surface area contributed by atoms with E-state index in [0.29, 0.717) is 24.8 Å². The summed E-state index contributed by atoms with van der Waals surface area (Å²) in [6.07, 6.45) is 19.1.